The number of nitrogens with one attached hydrogen (secondary N) is 1. The van der Waals surface area contributed by atoms with Gasteiger partial charge in [0.05, 0.1) is 29.8 Å². The van der Waals surface area contributed by atoms with E-state index < -0.39 is 0 Å². The number of hydrogen-bond acceptors (Lipinski definition) is 5. The zero-order chi connectivity index (χ0) is 13.2. The minimum atomic E-state index is -0.0343. The fraction of sp³-hybridized carbons (Fsp3) is 0.333. The highest BCUT2D eigenvalue weighted by molar-refractivity contribution is 7.98. The maximum atomic E-state index is 12.3. The van der Waals surface area contributed by atoms with Crippen molar-refractivity contribution in [3.05, 3.63) is 35.7 Å². The van der Waals surface area contributed by atoms with E-state index in [1.807, 2.05) is 6.26 Å². The number of imidazole rings is 1. The van der Waals surface area contributed by atoms with Crippen LogP contribution in [-0.2, 0) is 13.0 Å². The van der Waals surface area contributed by atoms with E-state index in [4.69, 9.17) is 0 Å². The number of H-pyrrole nitrogens is 1. The Balaban J connectivity index is 1.77. The van der Waals surface area contributed by atoms with Crippen LogP contribution >= 0.6 is 11.8 Å². The lowest BCUT2D eigenvalue weighted by molar-refractivity contribution is 0.0731. The molecule has 0 unspecified atom stereocenters. The molecule has 0 saturated carbocycles. The van der Waals surface area contributed by atoms with Crippen molar-refractivity contribution < 1.29 is 4.79 Å². The van der Waals surface area contributed by atoms with Crippen LogP contribution in [0.2, 0.25) is 0 Å². The largest absolute Gasteiger partial charge is 0.347 e. The molecule has 0 fully saturated rings. The third kappa shape index (κ3) is 2.33. The monoisotopic (exact) mass is 275 g/mol. The highest BCUT2D eigenvalue weighted by Gasteiger charge is 2.23. The van der Waals surface area contributed by atoms with E-state index in [-0.39, 0.29) is 5.91 Å². The van der Waals surface area contributed by atoms with Crippen molar-refractivity contribution in [3.8, 4) is 0 Å². The van der Waals surface area contributed by atoms with Crippen LogP contribution in [0.1, 0.15) is 21.7 Å². The molecule has 1 aliphatic heterocycles. The quantitative estimate of drug-likeness (QED) is 0.656. The normalized spacial score (nSPS) is 14.3. The number of hydrogen-bond donors (Lipinski definition) is 1. The van der Waals surface area contributed by atoms with Gasteiger partial charge in [0.15, 0.2) is 5.16 Å². The second kappa shape index (κ2) is 5.00. The lowest BCUT2D eigenvalue weighted by Crippen LogP contribution is -2.36. The van der Waals surface area contributed by atoms with Gasteiger partial charge in [-0.2, -0.15) is 0 Å². The van der Waals surface area contributed by atoms with Gasteiger partial charge in [-0.1, -0.05) is 11.8 Å². The van der Waals surface area contributed by atoms with Gasteiger partial charge >= 0.3 is 0 Å². The van der Waals surface area contributed by atoms with Crippen molar-refractivity contribution >= 4 is 17.7 Å². The molecule has 1 N–H and O–H groups in total. The summed E-state index contributed by atoms with van der Waals surface area (Å²) in [6, 6.07) is 0. The van der Waals surface area contributed by atoms with Crippen LogP contribution in [0.3, 0.4) is 0 Å². The summed E-state index contributed by atoms with van der Waals surface area (Å²) in [6.07, 6.45) is 7.54. The van der Waals surface area contributed by atoms with E-state index in [0.29, 0.717) is 23.8 Å². The lowest BCUT2D eigenvalue weighted by atomic mass is 10.1. The third-order valence-electron chi connectivity index (χ3n) is 3.12. The number of aromatic amines is 1. The van der Waals surface area contributed by atoms with Crippen molar-refractivity contribution in [1.82, 2.24) is 24.8 Å². The molecular formula is C12H13N5OS. The van der Waals surface area contributed by atoms with Crippen LogP contribution in [0.25, 0.3) is 0 Å². The molecule has 6 nitrogen and oxygen atoms in total. The van der Waals surface area contributed by atoms with Crippen LogP contribution < -0.4 is 0 Å². The summed E-state index contributed by atoms with van der Waals surface area (Å²) in [5.41, 5.74) is 2.60. The van der Waals surface area contributed by atoms with Crippen molar-refractivity contribution in [2.24, 2.45) is 0 Å². The standard InChI is InChI=1S/C12H13N5OS/c1-19-12-13-4-8(5-14-12)11(18)17-3-2-9-10(6-17)16-7-15-9/h4-5,7H,2-3,6H2,1H3,(H,15,16). The number of nitrogens with zero attached hydrogens (tertiary/aromatic N) is 4. The minimum absolute atomic E-state index is 0.0343. The van der Waals surface area contributed by atoms with E-state index in [1.165, 1.54) is 11.8 Å². The summed E-state index contributed by atoms with van der Waals surface area (Å²) in [7, 11) is 0. The first-order valence-electron chi connectivity index (χ1n) is 5.94. The van der Waals surface area contributed by atoms with Gasteiger partial charge in [0.25, 0.3) is 5.91 Å². The predicted octanol–water partition coefficient (Wildman–Crippen LogP) is 1.12. The molecule has 1 amide bonds. The molecule has 0 saturated heterocycles. The lowest BCUT2D eigenvalue weighted by Gasteiger charge is -2.26. The van der Waals surface area contributed by atoms with E-state index in [9.17, 15) is 4.79 Å². The number of carbonyl (C=O) groups is 1. The van der Waals surface area contributed by atoms with Gasteiger partial charge in [-0.3, -0.25) is 4.79 Å². The van der Waals surface area contributed by atoms with Gasteiger partial charge in [-0.15, -0.1) is 0 Å². The van der Waals surface area contributed by atoms with Gasteiger partial charge in [0.1, 0.15) is 0 Å². The Morgan fingerprint density at radius 2 is 2.16 bits per heavy atom. The zero-order valence-electron chi connectivity index (χ0n) is 10.5. The molecule has 0 aliphatic carbocycles. The number of thioether (sulfide) groups is 1. The average Bonchev–Trinajstić information content (AvgIpc) is 2.94. The highest BCUT2D eigenvalue weighted by atomic mass is 32.2. The van der Waals surface area contributed by atoms with Crippen LogP contribution in [0, 0.1) is 0 Å². The van der Waals surface area contributed by atoms with Crippen LogP contribution in [-0.4, -0.2) is 43.5 Å². The molecule has 0 radical (unpaired) electrons. The van der Waals surface area contributed by atoms with Crippen molar-refractivity contribution in [2.45, 2.75) is 18.1 Å². The highest BCUT2D eigenvalue weighted by Crippen LogP contribution is 2.17. The van der Waals surface area contributed by atoms with Crippen LogP contribution in [0.5, 0.6) is 0 Å². The molecule has 0 aromatic carbocycles. The van der Waals surface area contributed by atoms with E-state index in [1.54, 1.807) is 23.6 Å². The van der Waals surface area contributed by atoms with Gasteiger partial charge in [0.2, 0.25) is 0 Å². The smallest absolute Gasteiger partial charge is 0.257 e. The molecule has 0 spiro atoms. The molecule has 7 heteroatoms. The fourth-order valence-electron chi connectivity index (χ4n) is 2.10. The third-order valence-corrected chi connectivity index (χ3v) is 3.70. The van der Waals surface area contributed by atoms with E-state index in [2.05, 4.69) is 19.9 Å². The van der Waals surface area contributed by atoms with Crippen LogP contribution in [0.15, 0.2) is 23.9 Å². The summed E-state index contributed by atoms with van der Waals surface area (Å²) in [6.45, 7) is 1.25. The number of aromatic nitrogens is 4. The summed E-state index contributed by atoms with van der Waals surface area (Å²) in [5.74, 6) is -0.0343. The molecular weight excluding hydrogens is 262 g/mol. The van der Waals surface area contributed by atoms with Crippen LogP contribution in [0.4, 0.5) is 0 Å². The zero-order valence-corrected chi connectivity index (χ0v) is 11.3. The minimum Gasteiger partial charge on any atom is -0.347 e. The molecule has 2 aromatic heterocycles. The van der Waals surface area contributed by atoms with Crippen molar-refractivity contribution in [2.75, 3.05) is 12.8 Å². The molecule has 3 heterocycles. The Morgan fingerprint density at radius 1 is 1.37 bits per heavy atom. The Kier molecular flexibility index (Phi) is 3.20. The molecule has 19 heavy (non-hydrogen) atoms. The number of fused-ring (bicyclic) bond motifs is 1. The fourth-order valence-corrected chi connectivity index (χ4v) is 2.42. The van der Waals surface area contributed by atoms with Crippen molar-refractivity contribution in [3.63, 3.8) is 0 Å². The SMILES string of the molecule is CSc1ncc(C(=O)N2CCc3nc[nH]c3C2)cn1. The maximum Gasteiger partial charge on any atom is 0.257 e. The first-order chi connectivity index (χ1) is 9.28. The predicted molar refractivity (Wildman–Crippen MR) is 70.8 cm³/mol. The Bertz CT molecular complexity index is 594. The maximum absolute atomic E-state index is 12.3. The molecule has 1 aliphatic rings. The second-order valence-corrected chi connectivity index (χ2v) is 5.04. The number of carbonyl (C=O) groups excluding carboxylic acids is 1. The number of amides is 1. The summed E-state index contributed by atoms with van der Waals surface area (Å²) in [5, 5.41) is 0.672. The first kappa shape index (κ1) is 12.2. The topological polar surface area (TPSA) is 74.8 Å². The van der Waals surface area contributed by atoms with Gasteiger partial charge in [-0.25, -0.2) is 15.0 Å². The summed E-state index contributed by atoms with van der Waals surface area (Å²) in [4.78, 5) is 29.7. The molecule has 0 bridgehead atoms. The molecule has 0 atom stereocenters. The summed E-state index contributed by atoms with van der Waals surface area (Å²) >= 11 is 1.46. The summed E-state index contributed by atoms with van der Waals surface area (Å²) < 4.78 is 0. The van der Waals surface area contributed by atoms with Crippen molar-refractivity contribution in [1.29, 1.82) is 0 Å². The van der Waals surface area contributed by atoms with E-state index in [0.717, 1.165) is 17.8 Å². The average molecular weight is 275 g/mol. The molecule has 98 valence electrons. The number of rotatable bonds is 2. The molecule has 2 aromatic rings. The van der Waals surface area contributed by atoms with E-state index >= 15 is 0 Å². The molecule has 3 rings (SSSR count). The second-order valence-electron chi connectivity index (χ2n) is 4.26. The van der Waals surface area contributed by atoms with Gasteiger partial charge in [0, 0.05) is 25.4 Å². The Morgan fingerprint density at radius 3 is 2.89 bits per heavy atom. The Hall–Kier alpha value is -1.89. The first-order valence-corrected chi connectivity index (χ1v) is 7.17. The van der Waals surface area contributed by atoms with Gasteiger partial charge < -0.3 is 9.88 Å². The van der Waals surface area contributed by atoms with Gasteiger partial charge in [-0.05, 0) is 6.26 Å². The Labute approximate surface area is 114 Å².